The third-order valence-corrected chi connectivity index (χ3v) is 3.13. The van der Waals surface area contributed by atoms with Crippen LogP contribution < -0.4 is 0 Å². The van der Waals surface area contributed by atoms with Crippen LogP contribution in [0.3, 0.4) is 0 Å². The molecule has 0 bridgehead atoms. The molecule has 0 atom stereocenters. The fourth-order valence-electron chi connectivity index (χ4n) is 2.09. The summed E-state index contributed by atoms with van der Waals surface area (Å²) in [5.41, 5.74) is 1.31. The highest BCUT2D eigenvalue weighted by Gasteiger charge is 2.19. The molecule has 1 heterocycles. The maximum atomic E-state index is 12.4. The predicted molar refractivity (Wildman–Crippen MR) is 88.1 cm³/mol. The molecular formula is C18H19NO4. The third-order valence-electron chi connectivity index (χ3n) is 3.13. The molecule has 2 rings (SSSR count). The van der Waals surface area contributed by atoms with Gasteiger partial charge in [-0.15, -0.1) is 0 Å². The minimum Gasteiger partial charge on any atom is -0.466 e. The van der Waals surface area contributed by atoms with Crippen LogP contribution in [-0.2, 0) is 9.53 Å². The van der Waals surface area contributed by atoms with Crippen molar-refractivity contribution in [3.63, 3.8) is 0 Å². The number of nitrogens with zero attached hydrogens (tertiary/aromatic N) is 1. The Balaban J connectivity index is 2.42. The van der Waals surface area contributed by atoms with E-state index in [4.69, 9.17) is 4.42 Å². The van der Waals surface area contributed by atoms with Crippen molar-refractivity contribution in [2.24, 2.45) is 0 Å². The van der Waals surface area contributed by atoms with Gasteiger partial charge in [-0.2, -0.15) is 0 Å². The number of rotatable bonds is 6. The fraction of sp³-hybridized carbons (Fsp3) is 0.222. The third kappa shape index (κ3) is 4.40. The van der Waals surface area contributed by atoms with E-state index in [1.54, 1.807) is 11.0 Å². The van der Waals surface area contributed by atoms with Crippen LogP contribution >= 0.6 is 0 Å². The zero-order valence-corrected chi connectivity index (χ0v) is 13.4. The first-order chi connectivity index (χ1) is 11.0. The number of hydrogen-bond donors (Lipinski definition) is 0. The molecule has 5 heteroatoms. The Morgan fingerprint density at radius 2 is 1.91 bits per heavy atom. The Bertz CT molecular complexity index is 714. The molecule has 120 valence electrons. The van der Waals surface area contributed by atoms with Gasteiger partial charge in [0.25, 0.3) is 0 Å². The number of carbonyl (C=O) groups is 2. The lowest BCUT2D eigenvalue weighted by atomic mass is 10.1. The lowest BCUT2D eigenvalue weighted by Crippen LogP contribution is -2.21. The van der Waals surface area contributed by atoms with Gasteiger partial charge in [0.05, 0.1) is 19.2 Å². The fourth-order valence-corrected chi connectivity index (χ4v) is 2.09. The summed E-state index contributed by atoms with van der Waals surface area (Å²) >= 11 is 0. The quantitative estimate of drug-likeness (QED) is 0.466. The molecule has 5 nitrogen and oxygen atoms in total. The average Bonchev–Trinajstić information content (AvgIpc) is 2.97. The van der Waals surface area contributed by atoms with Crippen LogP contribution in [0.5, 0.6) is 0 Å². The number of esters is 1. The van der Waals surface area contributed by atoms with Crippen LogP contribution in [0.2, 0.25) is 0 Å². The van der Waals surface area contributed by atoms with Gasteiger partial charge in [0.1, 0.15) is 11.5 Å². The van der Waals surface area contributed by atoms with E-state index < -0.39 is 5.97 Å². The van der Waals surface area contributed by atoms with Crippen molar-refractivity contribution >= 4 is 17.8 Å². The van der Waals surface area contributed by atoms with Crippen LogP contribution in [0.4, 0.5) is 0 Å². The van der Waals surface area contributed by atoms with Crippen molar-refractivity contribution in [3.05, 3.63) is 53.8 Å². The number of benzene rings is 1. The SMILES string of the molecule is COC(=O)/C=C/c1cc(C(=O)CN(C)C)c(-c2ccccc2)o1. The summed E-state index contributed by atoms with van der Waals surface area (Å²) in [4.78, 5) is 25.4. The van der Waals surface area contributed by atoms with Gasteiger partial charge in [-0.05, 0) is 26.2 Å². The number of carbonyl (C=O) groups excluding carboxylic acids is 2. The Labute approximate surface area is 135 Å². The maximum Gasteiger partial charge on any atom is 0.330 e. The molecule has 0 fully saturated rings. The summed E-state index contributed by atoms with van der Waals surface area (Å²) in [5, 5.41) is 0. The number of furan rings is 1. The number of methoxy groups -OCH3 is 1. The van der Waals surface area contributed by atoms with Gasteiger partial charge in [-0.25, -0.2) is 4.79 Å². The lowest BCUT2D eigenvalue weighted by Gasteiger charge is -2.08. The normalized spacial score (nSPS) is 11.1. The number of ketones is 1. The minimum absolute atomic E-state index is 0.0460. The summed E-state index contributed by atoms with van der Waals surface area (Å²) in [5.74, 6) is 0.400. The van der Waals surface area contributed by atoms with Gasteiger partial charge in [0.15, 0.2) is 5.78 Å². The Morgan fingerprint density at radius 1 is 1.22 bits per heavy atom. The number of ether oxygens (including phenoxy) is 1. The van der Waals surface area contributed by atoms with Crippen molar-refractivity contribution in [3.8, 4) is 11.3 Å². The van der Waals surface area contributed by atoms with Crippen molar-refractivity contribution in [1.29, 1.82) is 0 Å². The molecule has 2 aromatic rings. The molecule has 0 aliphatic rings. The summed E-state index contributed by atoms with van der Waals surface area (Å²) in [6.07, 6.45) is 2.75. The molecule has 1 aromatic carbocycles. The first-order valence-electron chi connectivity index (χ1n) is 7.14. The Morgan fingerprint density at radius 3 is 2.52 bits per heavy atom. The van der Waals surface area contributed by atoms with Gasteiger partial charge in [0, 0.05) is 11.6 Å². The molecule has 0 spiro atoms. The summed E-state index contributed by atoms with van der Waals surface area (Å²) < 4.78 is 10.3. The molecule has 0 aliphatic heterocycles. The first-order valence-corrected chi connectivity index (χ1v) is 7.14. The zero-order chi connectivity index (χ0) is 16.8. The van der Waals surface area contributed by atoms with Crippen LogP contribution in [0, 0.1) is 0 Å². The van der Waals surface area contributed by atoms with Crippen LogP contribution in [0.1, 0.15) is 16.1 Å². The van der Waals surface area contributed by atoms with Crippen LogP contribution in [0.25, 0.3) is 17.4 Å². The molecule has 0 saturated carbocycles. The van der Waals surface area contributed by atoms with Gasteiger partial charge >= 0.3 is 5.97 Å². The standard InChI is InChI=1S/C18H19NO4/c1-19(2)12-16(20)15-11-14(9-10-17(21)22-3)23-18(15)13-7-5-4-6-8-13/h4-11H,12H2,1-3H3/b10-9+. The van der Waals surface area contributed by atoms with Crippen molar-refractivity contribution < 1.29 is 18.7 Å². The van der Waals surface area contributed by atoms with Crippen LogP contribution in [-0.4, -0.2) is 44.4 Å². The van der Waals surface area contributed by atoms with Gasteiger partial charge in [0.2, 0.25) is 0 Å². The lowest BCUT2D eigenvalue weighted by molar-refractivity contribution is -0.134. The predicted octanol–water partition coefficient (Wildman–Crippen LogP) is 2.88. The highest BCUT2D eigenvalue weighted by Crippen LogP contribution is 2.28. The zero-order valence-electron chi connectivity index (χ0n) is 13.4. The topological polar surface area (TPSA) is 59.8 Å². The Hall–Kier alpha value is -2.66. The molecule has 0 unspecified atom stereocenters. The van der Waals surface area contributed by atoms with Gasteiger partial charge in [-0.1, -0.05) is 30.3 Å². The Kier molecular flexibility index (Phi) is 5.49. The van der Waals surface area contributed by atoms with E-state index >= 15 is 0 Å². The number of Topliss-reactive ketones (excluding diaryl/α,β-unsaturated/α-hetero) is 1. The van der Waals surface area contributed by atoms with Crippen molar-refractivity contribution in [2.45, 2.75) is 0 Å². The molecule has 1 aromatic heterocycles. The summed E-state index contributed by atoms with van der Waals surface area (Å²) in [6, 6.07) is 11.0. The van der Waals surface area contributed by atoms with E-state index in [0.717, 1.165) is 5.56 Å². The second kappa shape index (κ2) is 7.56. The van der Waals surface area contributed by atoms with Gasteiger partial charge in [-0.3, -0.25) is 4.79 Å². The molecule has 0 radical (unpaired) electrons. The van der Waals surface area contributed by atoms with E-state index in [2.05, 4.69) is 4.74 Å². The van der Waals surface area contributed by atoms with E-state index in [0.29, 0.717) is 17.1 Å². The average molecular weight is 313 g/mol. The van der Waals surface area contributed by atoms with E-state index in [1.165, 1.54) is 19.3 Å². The smallest absolute Gasteiger partial charge is 0.330 e. The van der Waals surface area contributed by atoms with Crippen molar-refractivity contribution in [2.75, 3.05) is 27.7 Å². The molecule has 0 aliphatic carbocycles. The van der Waals surface area contributed by atoms with Crippen molar-refractivity contribution in [1.82, 2.24) is 4.90 Å². The first kappa shape index (κ1) is 16.7. The molecule has 23 heavy (non-hydrogen) atoms. The number of likely N-dealkylation sites (N-methyl/N-ethyl adjacent to an activating group) is 1. The molecule has 0 amide bonds. The van der Waals surface area contributed by atoms with Crippen LogP contribution in [0.15, 0.2) is 46.9 Å². The molecule has 0 saturated heterocycles. The highest BCUT2D eigenvalue weighted by atomic mass is 16.5. The second-order valence-corrected chi connectivity index (χ2v) is 5.28. The van der Waals surface area contributed by atoms with E-state index in [9.17, 15) is 9.59 Å². The summed E-state index contributed by atoms with van der Waals surface area (Å²) in [7, 11) is 4.97. The molecular weight excluding hydrogens is 294 g/mol. The highest BCUT2D eigenvalue weighted by molar-refractivity contribution is 6.03. The summed E-state index contributed by atoms with van der Waals surface area (Å²) in [6.45, 7) is 0.277. The number of hydrogen-bond acceptors (Lipinski definition) is 5. The largest absolute Gasteiger partial charge is 0.466 e. The van der Waals surface area contributed by atoms with E-state index in [-0.39, 0.29) is 12.3 Å². The monoisotopic (exact) mass is 313 g/mol. The van der Waals surface area contributed by atoms with Gasteiger partial charge < -0.3 is 14.1 Å². The van der Waals surface area contributed by atoms with E-state index in [1.807, 2.05) is 44.4 Å². The minimum atomic E-state index is -0.483. The molecule has 0 N–H and O–H groups in total. The maximum absolute atomic E-state index is 12.4. The second-order valence-electron chi connectivity index (χ2n) is 5.28.